The fraction of sp³-hybridized carbons (Fsp3) is 0.455. The van der Waals surface area contributed by atoms with Gasteiger partial charge in [-0.3, -0.25) is 4.68 Å². The highest BCUT2D eigenvalue weighted by molar-refractivity contribution is 7.07. The van der Waals surface area contributed by atoms with E-state index in [-0.39, 0.29) is 0 Å². The zero-order valence-electron chi connectivity index (χ0n) is 9.55. The molecular weight excluding hydrogens is 220 g/mol. The maximum Gasteiger partial charge on any atom is 0.0795 e. The Kier molecular flexibility index (Phi) is 3.56. The number of aromatic nitrogens is 3. The molecule has 0 aliphatic rings. The maximum absolute atomic E-state index is 4.29. The molecule has 0 unspecified atom stereocenters. The van der Waals surface area contributed by atoms with Crippen LogP contribution < -0.4 is 5.32 Å². The van der Waals surface area contributed by atoms with E-state index in [0.29, 0.717) is 5.92 Å². The Hall–Kier alpha value is -1.36. The third kappa shape index (κ3) is 3.06. The molecule has 86 valence electrons. The van der Waals surface area contributed by atoms with Gasteiger partial charge in [0, 0.05) is 18.1 Å². The average Bonchev–Trinajstić information content (AvgIpc) is 2.84. The van der Waals surface area contributed by atoms with Gasteiger partial charge in [-0.05, 0) is 5.92 Å². The lowest BCUT2D eigenvalue weighted by molar-refractivity contribution is 0.483. The third-order valence-corrected chi connectivity index (χ3v) is 2.78. The van der Waals surface area contributed by atoms with Crippen molar-refractivity contribution < 1.29 is 0 Å². The topological polar surface area (TPSA) is 42.7 Å². The first-order valence-corrected chi connectivity index (χ1v) is 6.31. The van der Waals surface area contributed by atoms with E-state index >= 15 is 0 Å². The predicted octanol–water partition coefficient (Wildman–Crippen LogP) is 2.61. The Morgan fingerprint density at radius 1 is 1.50 bits per heavy atom. The summed E-state index contributed by atoms with van der Waals surface area (Å²) in [4.78, 5) is 4.22. The fourth-order valence-corrected chi connectivity index (χ4v) is 2.00. The summed E-state index contributed by atoms with van der Waals surface area (Å²) in [6, 6.07) is 0. The summed E-state index contributed by atoms with van der Waals surface area (Å²) in [6.45, 7) is 6.09. The highest BCUT2D eigenvalue weighted by atomic mass is 32.1. The summed E-state index contributed by atoms with van der Waals surface area (Å²) in [5.41, 5.74) is 3.97. The standard InChI is InChI=1S/C11H16N4S/c1-9(2)5-15-6-10(4-14-15)12-3-11-7-16-8-13-11/h4,6-9,12H,3,5H2,1-2H3. The molecule has 1 N–H and O–H groups in total. The van der Waals surface area contributed by atoms with E-state index in [9.17, 15) is 0 Å². The number of nitrogens with one attached hydrogen (secondary N) is 1. The van der Waals surface area contributed by atoms with E-state index in [1.807, 2.05) is 28.0 Å². The second-order valence-corrected chi connectivity index (χ2v) is 4.90. The third-order valence-electron chi connectivity index (χ3n) is 2.14. The normalized spacial score (nSPS) is 10.9. The van der Waals surface area contributed by atoms with Crippen LogP contribution in [0.25, 0.3) is 0 Å². The summed E-state index contributed by atoms with van der Waals surface area (Å²) < 4.78 is 1.97. The summed E-state index contributed by atoms with van der Waals surface area (Å²) in [5.74, 6) is 0.617. The van der Waals surface area contributed by atoms with Gasteiger partial charge in [0.15, 0.2) is 0 Å². The van der Waals surface area contributed by atoms with Crippen LogP contribution in [0.15, 0.2) is 23.3 Å². The first-order chi connectivity index (χ1) is 7.74. The molecule has 0 aliphatic carbocycles. The number of hydrogen-bond acceptors (Lipinski definition) is 4. The van der Waals surface area contributed by atoms with Gasteiger partial charge < -0.3 is 5.32 Å². The minimum Gasteiger partial charge on any atom is -0.377 e. The van der Waals surface area contributed by atoms with E-state index in [0.717, 1.165) is 24.5 Å². The lowest BCUT2D eigenvalue weighted by Crippen LogP contribution is -2.04. The van der Waals surface area contributed by atoms with Crippen LogP contribution >= 0.6 is 11.3 Å². The van der Waals surface area contributed by atoms with Crippen LogP contribution in [0.3, 0.4) is 0 Å². The molecule has 2 aromatic rings. The minimum atomic E-state index is 0.617. The highest BCUT2D eigenvalue weighted by Crippen LogP contribution is 2.09. The second-order valence-electron chi connectivity index (χ2n) is 4.18. The largest absolute Gasteiger partial charge is 0.377 e. The molecule has 0 saturated carbocycles. The number of anilines is 1. The minimum absolute atomic E-state index is 0.617. The summed E-state index contributed by atoms with van der Waals surface area (Å²) in [6.07, 6.45) is 3.89. The Morgan fingerprint density at radius 3 is 3.06 bits per heavy atom. The van der Waals surface area contributed by atoms with Gasteiger partial charge in [0.1, 0.15) is 0 Å². The second kappa shape index (κ2) is 5.12. The zero-order valence-corrected chi connectivity index (χ0v) is 10.4. The summed E-state index contributed by atoms with van der Waals surface area (Å²) >= 11 is 1.62. The van der Waals surface area contributed by atoms with E-state index in [1.54, 1.807) is 11.3 Å². The fourth-order valence-electron chi connectivity index (χ4n) is 1.45. The Balaban J connectivity index is 1.88. The van der Waals surface area contributed by atoms with Gasteiger partial charge in [0.2, 0.25) is 0 Å². The smallest absolute Gasteiger partial charge is 0.0795 e. The lowest BCUT2D eigenvalue weighted by atomic mass is 10.2. The van der Waals surface area contributed by atoms with Gasteiger partial charge in [-0.1, -0.05) is 13.8 Å². The SMILES string of the molecule is CC(C)Cn1cc(NCc2cscn2)cn1. The van der Waals surface area contributed by atoms with Crippen LogP contribution in [0, 0.1) is 5.92 Å². The quantitative estimate of drug-likeness (QED) is 0.867. The first kappa shape index (κ1) is 11.1. The summed E-state index contributed by atoms with van der Waals surface area (Å²) in [5, 5.41) is 9.64. The molecule has 2 aromatic heterocycles. The molecule has 0 atom stereocenters. The molecule has 0 radical (unpaired) electrons. The predicted molar refractivity (Wildman–Crippen MR) is 66.5 cm³/mol. The Morgan fingerprint density at radius 2 is 2.38 bits per heavy atom. The van der Waals surface area contributed by atoms with Crippen LogP contribution in [-0.2, 0) is 13.1 Å². The van der Waals surface area contributed by atoms with E-state index in [2.05, 4.69) is 29.2 Å². The zero-order chi connectivity index (χ0) is 11.4. The van der Waals surface area contributed by atoms with Crippen LogP contribution in [0.2, 0.25) is 0 Å². The lowest BCUT2D eigenvalue weighted by Gasteiger charge is -2.03. The Labute approximate surface area is 99.3 Å². The molecule has 16 heavy (non-hydrogen) atoms. The molecule has 4 nitrogen and oxygen atoms in total. The molecule has 0 aromatic carbocycles. The van der Waals surface area contributed by atoms with Crippen molar-refractivity contribution in [3.63, 3.8) is 0 Å². The van der Waals surface area contributed by atoms with E-state index < -0.39 is 0 Å². The first-order valence-electron chi connectivity index (χ1n) is 5.37. The molecule has 0 bridgehead atoms. The number of rotatable bonds is 5. The number of hydrogen-bond donors (Lipinski definition) is 1. The van der Waals surface area contributed by atoms with Gasteiger partial charge in [0.25, 0.3) is 0 Å². The maximum atomic E-state index is 4.29. The van der Waals surface area contributed by atoms with Crippen molar-refractivity contribution >= 4 is 17.0 Å². The molecule has 0 fully saturated rings. The molecule has 2 heterocycles. The molecule has 0 spiro atoms. The molecule has 0 saturated heterocycles. The number of nitrogens with zero attached hydrogens (tertiary/aromatic N) is 3. The van der Waals surface area contributed by atoms with Crippen molar-refractivity contribution in [3.8, 4) is 0 Å². The van der Waals surface area contributed by atoms with Crippen LogP contribution in [0.5, 0.6) is 0 Å². The van der Waals surface area contributed by atoms with E-state index in [1.165, 1.54) is 0 Å². The number of thiazole rings is 1. The van der Waals surface area contributed by atoms with Crippen molar-refractivity contribution in [3.05, 3.63) is 29.0 Å². The van der Waals surface area contributed by atoms with Gasteiger partial charge in [0.05, 0.1) is 29.6 Å². The van der Waals surface area contributed by atoms with Gasteiger partial charge in [-0.15, -0.1) is 11.3 Å². The Bertz CT molecular complexity index is 419. The van der Waals surface area contributed by atoms with Crippen LogP contribution in [0.4, 0.5) is 5.69 Å². The molecule has 0 amide bonds. The molecule has 0 aliphatic heterocycles. The van der Waals surface area contributed by atoms with Gasteiger partial charge >= 0.3 is 0 Å². The van der Waals surface area contributed by atoms with Crippen molar-refractivity contribution in [2.45, 2.75) is 26.9 Å². The van der Waals surface area contributed by atoms with Gasteiger partial charge in [-0.2, -0.15) is 5.10 Å². The van der Waals surface area contributed by atoms with Crippen molar-refractivity contribution in [2.24, 2.45) is 5.92 Å². The monoisotopic (exact) mass is 236 g/mol. The van der Waals surface area contributed by atoms with Crippen LogP contribution in [-0.4, -0.2) is 14.8 Å². The molecule has 2 rings (SSSR count). The van der Waals surface area contributed by atoms with Crippen molar-refractivity contribution in [2.75, 3.05) is 5.32 Å². The average molecular weight is 236 g/mol. The van der Waals surface area contributed by atoms with Crippen molar-refractivity contribution in [1.29, 1.82) is 0 Å². The van der Waals surface area contributed by atoms with Crippen molar-refractivity contribution in [1.82, 2.24) is 14.8 Å². The van der Waals surface area contributed by atoms with Gasteiger partial charge in [-0.25, -0.2) is 4.98 Å². The summed E-state index contributed by atoms with van der Waals surface area (Å²) in [7, 11) is 0. The molecule has 5 heteroatoms. The van der Waals surface area contributed by atoms with E-state index in [4.69, 9.17) is 0 Å². The molecular formula is C11H16N4S. The van der Waals surface area contributed by atoms with Crippen LogP contribution in [0.1, 0.15) is 19.5 Å². The highest BCUT2D eigenvalue weighted by Gasteiger charge is 2.01.